The summed E-state index contributed by atoms with van der Waals surface area (Å²) in [5.74, 6) is -2.66. The zero-order chi connectivity index (χ0) is 27.2. The molecular weight excluding hydrogens is 502 g/mol. The minimum Gasteiger partial charge on any atom is -0.465 e. The molecular formula is C25H29N3O8S. The molecule has 0 aromatic heterocycles. The first-order valence-electron chi connectivity index (χ1n) is 11.6. The number of nitrogens with zero attached hydrogens (tertiary/aromatic N) is 1. The standard InChI is InChI=1S/C25H29N3O8S/c1-16(23(30)27-20-10-8-19(9-11-20)26-17(2)29)36-24(31)18-12-14-28(15-13-18)37(33,34)22-7-5-4-6-21(22)25(32)35-3/h4-11,16,18H,12-15H2,1-3H3,(H,26,29)(H,27,30)/t16-/m0/s1. The molecule has 0 unspecified atom stereocenters. The number of esters is 2. The second-order valence-electron chi connectivity index (χ2n) is 8.49. The third-order valence-electron chi connectivity index (χ3n) is 5.83. The van der Waals surface area contributed by atoms with Gasteiger partial charge in [0.2, 0.25) is 15.9 Å². The van der Waals surface area contributed by atoms with Crippen molar-refractivity contribution in [2.24, 2.45) is 5.92 Å². The molecule has 1 heterocycles. The van der Waals surface area contributed by atoms with Gasteiger partial charge in [0.05, 0.1) is 23.5 Å². The van der Waals surface area contributed by atoms with Crippen LogP contribution in [0, 0.1) is 5.92 Å². The van der Waals surface area contributed by atoms with Gasteiger partial charge in [0.15, 0.2) is 6.10 Å². The lowest BCUT2D eigenvalue weighted by Crippen LogP contribution is -2.42. The van der Waals surface area contributed by atoms with Crippen molar-refractivity contribution < 1.29 is 37.1 Å². The van der Waals surface area contributed by atoms with E-state index in [0.717, 1.165) is 0 Å². The lowest BCUT2D eigenvalue weighted by atomic mass is 9.98. The molecule has 1 aliphatic heterocycles. The van der Waals surface area contributed by atoms with Gasteiger partial charge in [-0.2, -0.15) is 4.31 Å². The second-order valence-corrected chi connectivity index (χ2v) is 10.4. The fraction of sp³-hybridized carbons (Fsp3) is 0.360. The number of benzene rings is 2. The Hall–Kier alpha value is -3.77. The number of methoxy groups -OCH3 is 1. The number of hydrogen-bond acceptors (Lipinski definition) is 8. The number of rotatable bonds is 8. The van der Waals surface area contributed by atoms with Crippen LogP contribution in [0.15, 0.2) is 53.4 Å². The van der Waals surface area contributed by atoms with Gasteiger partial charge < -0.3 is 20.1 Å². The van der Waals surface area contributed by atoms with E-state index in [4.69, 9.17) is 4.74 Å². The Morgan fingerprint density at radius 1 is 0.946 bits per heavy atom. The predicted octanol–water partition coefficient (Wildman–Crippen LogP) is 2.40. The monoisotopic (exact) mass is 531 g/mol. The number of sulfonamides is 1. The van der Waals surface area contributed by atoms with Crippen molar-refractivity contribution >= 4 is 45.2 Å². The highest BCUT2D eigenvalue weighted by Crippen LogP contribution is 2.27. The topological polar surface area (TPSA) is 148 Å². The summed E-state index contributed by atoms with van der Waals surface area (Å²) in [6.45, 7) is 2.94. The molecule has 2 aromatic rings. The molecule has 37 heavy (non-hydrogen) atoms. The molecule has 0 saturated carbocycles. The Morgan fingerprint density at radius 3 is 2.08 bits per heavy atom. The summed E-state index contributed by atoms with van der Waals surface area (Å²) in [6.07, 6.45) is -0.661. The zero-order valence-corrected chi connectivity index (χ0v) is 21.5. The number of piperidine rings is 1. The summed E-state index contributed by atoms with van der Waals surface area (Å²) in [7, 11) is -2.81. The van der Waals surface area contributed by atoms with E-state index in [1.54, 1.807) is 30.3 Å². The van der Waals surface area contributed by atoms with Crippen LogP contribution >= 0.6 is 0 Å². The molecule has 12 heteroatoms. The van der Waals surface area contributed by atoms with E-state index >= 15 is 0 Å². The van der Waals surface area contributed by atoms with E-state index in [9.17, 15) is 27.6 Å². The van der Waals surface area contributed by atoms with Crippen LogP contribution in [0.25, 0.3) is 0 Å². The fourth-order valence-electron chi connectivity index (χ4n) is 3.85. The first kappa shape index (κ1) is 27.8. The number of carbonyl (C=O) groups excluding carboxylic acids is 4. The Bertz CT molecular complexity index is 1270. The number of hydrogen-bond donors (Lipinski definition) is 2. The summed E-state index contributed by atoms with van der Waals surface area (Å²) in [6, 6.07) is 12.2. The highest BCUT2D eigenvalue weighted by molar-refractivity contribution is 7.89. The van der Waals surface area contributed by atoms with Crippen LogP contribution in [0.3, 0.4) is 0 Å². The smallest absolute Gasteiger partial charge is 0.339 e. The highest BCUT2D eigenvalue weighted by Gasteiger charge is 2.35. The summed E-state index contributed by atoms with van der Waals surface area (Å²) in [5.41, 5.74) is 0.982. The van der Waals surface area contributed by atoms with Crippen LogP contribution in [-0.4, -0.2) is 62.8 Å². The molecule has 2 N–H and O–H groups in total. The summed E-state index contributed by atoms with van der Waals surface area (Å²) >= 11 is 0. The number of amides is 2. The Morgan fingerprint density at radius 2 is 1.51 bits per heavy atom. The molecule has 3 rings (SSSR count). The average Bonchev–Trinajstić information content (AvgIpc) is 2.89. The van der Waals surface area contributed by atoms with E-state index in [0.29, 0.717) is 11.4 Å². The molecule has 0 radical (unpaired) electrons. The first-order chi connectivity index (χ1) is 17.5. The van der Waals surface area contributed by atoms with Crippen molar-refractivity contribution in [1.29, 1.82) is 0 Å². The maximum Gasteiger partial charge on any atom is 0.339 e. The van der Waals surface area contributed by atoms with Crippen LogP contribution in [-0.2, 0) is 33.9 Å². The first-order valence-corrected chi connectivity index (χ1v) is 13.0. The van der Waals surface area contributed by atoms with Gasteiger partial charge in [-0.15, -0.1) is 0 Å². The average molecular weight is 532 g/mol. The van der Waals surface area contributed by atoms with Crippen molar-refractivity contribution in [3.63, 3.8) is 0 Å². The van der Waals surface area contributed by atoms with Gasteiger partial charge >= 0.3 is 11.9 Å². The third-order valence-corrected chi connectivity index (χ3v) is 7.79. The molecule has 1 saturated heterocycles. The molecule has 198 valence electrons. The maximum absolute atomic E-state index is 13.1. The molecule has 0 bridgehead atoms. The highest BCUT2D eigenvalue weighted by atomic mass is 32.2. The van der Waals surface area contributed by atoms with Crippen LogP contribution in [0.2, 0.25) is 0 Å². The summed E-state index contributed by atoms with van der Waals surface area (Å²) in [4.78, 5) is 48.1. The van der Waals surface area contributed by atoms with Gasteiger partial charge in [-0.25, -0.2) is 13.2 Å². The minimum atomic E-state index is -3.98. The fourth-order valence-corrected chi connectivity index (χ4v) is 5.50. The summed E-state index contributed by atoms with van der Waals surface area (Å²) < 4.78 is 37.5. The maximum atomic E-state index is 13.1. The Kier molecular flexibility index (Phi) is 9.00. The number of ether oxygens (including phenoxy) is 2. The minimum absolute atomic E-state index is 0.0544. The number of anilines is 2. The molecule has 2 amide bonds. The van der Waals surface area contributed by atoms with E-state index < -0.39 is 39.9 Å². The van der Waals surface area contributed by atoms with E-state index in [-0.39, 0.29) is 42.3 Å². The molecule has 1 aliphatic rings. The second kappa shape index (κ2) is 12.0. The zero-order valence-electron chi connectivity index (χ0n) is 20.7. The largest absolute Gasteiger partial charge is 0.465 e. The van der Waals surface area contributed by atoms with Crippen molar-refractivity contribution in [1.82, 2.24) is 4.31 Å². The van der Waals surface area contributed by atoms with Crippen LogP contribution in [0.5, 0.6) is 0 Å². The van der Waals surface area contributed by atoms with Gasteiger partial charge in [0, 0.05) is 31.4 Å². The van der Waals surface area contributed by atoms with Crippen molar-refractivity contribution in [2.75, 3.05) is 30.8 Å². The molecule has 1 atom stereocenters. The van der Waals surface area contributed by atoms with E-state index in [1.165, 1.54) is 43.5 Å². The molecule has 2 aromatic carbocycles. The van der Waals surface area contributed by atoms with E-state index in [2.05, 4.69) is 15.4 Å². The molecule has 11 nitrogen and oxygen atoms in total. The molecule has 0 spiro atoms. The van der Waals surface area contributed by atoms with Gasteiger partial charge in [-0.3, -0.25) is 14.4 Å². The number of carbonyl (C=O) groups is 4. The third kappa shape index (κ3) is 6.92. The van der Waals surface area contributed by atoms with Crippen molar-refractivity contribution in [3.8, 4) is 0 Å². The van der Waals surface area contributed by atoms with Crippen molar-refractivity contribution in [2.45, 2.75) is 37.7 Å². The van der Waals surface area contributed by atoms with Gasteiger partial charge in [-0.1, -0.05) is 12.1 Å². The summed E-state index contributed by atoms with van der Waals surface area (Å²) in [5, 5.41) is 5.26. The Balaban J connectivity index is 1.55. The van der Waals surface area contributed by atoms with Gasteiger partial charge in [-0.05, 0) is 56.2 Å². The van der Waals surface area contributed by atoms with Crippen molar-refractivity contribution in [3.05, 3.63) is 54.1 Å². The molecule has 0 aliphatic carbocycles. The van der Waals surface area contributed by atoms with Crippen LogP contribution in [0.1, 0.15) is 37.0 Å². The predicted molar refractivity (Wildman–Crippen MR) is 134 cm³/mol. The SMILES string of the molecule is COC(=O)c1ccccc1S(=O)(=O)N1CCC(C(=O)O[C@@H](C)C(=O)Nc2ccc(NC(C)=O)cc2)CC1. The quantitative estimate of drug-likeness (QED) is 0.494. The molecule has 1 fully saturated rings. The van der Waals surface area contributed by atoms with Gasteiger partial charge in [0.25, 0.3) is 5.91 Å². The van der Waals surface area contributed by atoms with Crippen LogP contribution < -0.4 is 10.6 Å². The lowest BCUT2D eigenvalue weighted by Gasteiger charge is -2.31. The van der Waals surface area contributed by atoms with E-state index in [1.807, 2.05) is 0 Å². The lowest BCUT2D eigenvalue weighted by molar-refractivity contribution is -0.158. The Labute approximate surface area is 215 Å². The normalized spacial score (nSPS) is 15.3. The van der Waals surface area contributed by atoms with Crippen LogP contribution in [0.4, 0.5) is 11.4 Å². The number of nitrogens with one attached hydrogen (secondary N) is 2. The van der Waals surface area contributed by atoms with Gasteiger partial charge in [0.1, 0.15) is 0 Å².